The van der Waals surface area contributed by atoms with Gasteiger partial charge >= 0.3 is 10.1 Å². The fourth-order valence-corrected chi connectivity index (χ4v) is 7.36. The Balaban J connectivity index is 2.74. The second kappa shape index (κ2) is 20.8. The zero-order valence-electron chi connectivity index (χ0n) is 25.4. The van der Waals surface area contributed by atoms with Crippen molar-refractivity contribution >= 4 is 49.3 Å². The Kier molecular flexibility index (Phi) is 18.8. The minimum Gasteiger partial charge on any atom is -0.356 e. The molecule has 3 amide bonds. The van der Waals surface area contributed by atoms with Crippen LogP contribution in [0.3, 0.4) is 0 Å². The molecule has 1 aromatic heterocycles. The van der Waals surface area contributed by atoms with Crippen molar-refractivity contribution in [1.29, 1.82) is 0 Å². The summed E-state index contributed by atoms with van der Waals surface area (Å²) in [7, 11) is -9.58. The van der Waals surface area contributed by atoms with Crippen molar-refractivity contribution in [1.82, 2.24) is 16.0 Å². The van der Waals surface area contributed by atoms with E-state index >= 15 is 0 Å². The highest BCUT2D eigenvalue weighted by Crippen LogP contribution is 2.29. The van der Waals surface area contributed by atoms with Gasteiger partial charge in [0.25, 0.3) is 10.1 Å². The average Bonchev–Trinajstić information content (AvgIpc) is 3.38. The summed E-state index contributed by atoms with van der Waals surface area (Å²) in [5.41, 5.74) is 0. The summed E-state index contributed by atoms with van der Waals surface area (Å²) < 4.78 is 64.5. The van der Waals surface area contributed by atoms with Crippen LogP contribution in [0, 0.1) is 0 Å². The minimum atomic E-state index is -4.84. The number of amides is 3. The Bertz CT molecular complexity index is 1220. The van der Waals surface area contributed by atoms with E-state index in [-0.39, 0.29) is 29.5 Å². The summed E-state index contributed by atoms with van der Waals surface area (Å²) >= 11 is 0.397. The zero-order chi connectivity index (χ0) is 32.3. The molecule has 0 aromatic carbocycles. The van der Waals surface area contributed by atoms with Crippen molar-refractivity contribution in [3.05, 3.63) is 10.9 Å². The molecule has 43 heavy (non-hydrogen) atoms. The van der Waals surface area contributed by atoms with Crippen LogP contribution in [-0.2, 0) is 41.2 Å². The monoisotopic (exact) mass is 667 g/mol. The highest BCUT2D eigenvalue weighted by Gasteiger charge is 2.26. The van der Waals surface area contributed by atoms with E-state index in [0.29, 0.717) is 49.6 Å². The van der Waals surface area contributed by atoms with Gasteiger partial charge in [-0.3, -0.25) is 23.5 Å². The van der Waals surface area contributed by atoms with Crippen molar-refractivity contribution in [2.45, 2.75) is 138 Å². The maximum Gasteiger partial charge on any atom is 0.304 e. The van der Waals surface area contributed by atoms with E-state index in [0.717, 1.165) is 64.2 Å². The largest absolute Gasteiger partial charge is 0.356 e. The van der Waals surface area contributed by atoms with Crippen LogP contribution in [0.2, 0.25) is 0 Å². The Hall–Kier alpha value is -2.07. The number of hydrogen-bond donors (Lipinski definition) is 5. The molecule has 0 fully saturated rings. The van der Waals surface area contributed by atoms with Gasteiger partial charge in [0, 0.05) is 24.3 Å². The Morgan fingerprint density at radius 2 is 1.30 bits per heavy atom. The number of nitrogens with one attached hydrogen (secondary N) is 3. The number of thiophene rings is 1. The van der Waals surface area contributed by atoms with Crippen molar-refractivity contribution in [3.8, 4) is 0 Å². The lowest BCUT2D eigenvalue weighted by molar-refractivity contribution is -0.129. The van der Waals surface area contributed by atoms with Gasteiger partial charge in [-0.15, -0.1) is 11.3 Å². The van der Waals surface area contributed by atoms with Gasteiger partial charge < -0.3 is 16.0 Å². The molecule has 0 bridgehead atoms. The smallest absolute Gasteiger partial charge is 0.304 e. The molecule has 12 nitrogen and oxygen atoms in total. The Morgan fingerprint density at radius 3 is 1.86 bits per heavy atom. The van der Waals surface area contributed by atoms with Gasteiger partial charge in [-0.1, -0.05) is 71.6 Å². The predicted molar refractivity (Wildman–Crippen MR) is 166 cm³/mol. The number of carbonyl (C=O) groups excluding carboxylic acids is 3. The number of carbonyl (C=O) groups is 3. The van der Waals surface area contributed by atoms with Gasteiger partial charge in [0.1, 0.15) is 15.1 Å². The van der Waals surface area contributed by atoms with Crippen molar-refractivity contribution < 1.29 is 40.3 Å². The normalized spacial score (nSPS) is 12.6. The molecular weight excluding hydrogens is 619 g/mol. The van der Waals surface area contributed by atoms with Crippen molar-refractivity contribution in [3.63, 3.8) is 0 Å². The second-order valence-electron chi connectivity index (χ2n) is 10.7. The molecule has 0 saturated carbocycles. The topological polar surface area (TPSA) is 196 Å². The molecule has 0 aliphatic carbocycles. The molecule has 0 radical (unpaired) electrons. The van der Waals surface area contributed by atoms with E-state index in [4.69, 9.17) is 0 Å². The second-order valence-corrected chi connectivity index (χ2v) is 14.8. The summed E-state index contributed by atoms with van der Waals surface area (Å²) in [4.78, 5) is 36.8. The lowest BCUT2D eigenvalue weighted by atomic mass is 10.1. The van der Waals surface area contributed by atoms with E-state index in [9.17, 15) is 40.3 Å². The maximum absolute atomic E-state index is 13.1. The third-order valence-corrected chi connectivity index (χ3v) is 10.3. The van der Waals surface area contributed by atoms with Gasteiger partial charge in [0.2, 0.25) is 17.7 Å². The van der Waals surface area contributed by atoms with E-state index in [1.54, 1.807) is 0 Å². The summed E-state index contributed by atoms with van der Waals surface area (Å²) in [6, 6.07) is -0.326. The van der Waals surface area contributed by atoms with E-state index < -0.39 is 47.8 Å². The highest BCUT2D eigenvalue weighted by molar-refractivity contribution is 7.88. The van der Waals surface area contributed by atoms with Gasteiger partial charge in [-0.2, -0.15) is 16.8 Å². The van der Waals surface area contributed by atoms with Crippen molar-refractivity contribution in [2.24, 2.45) is 0 Å². The predicted octanol–water partition coefficient (Wildman–Crippen LogP) is 4.74. The molecule has 1 unspecified atom stereocenters. The Labute approximate surface area is 260 Å². The summed E-state index contributed by atoms with van der Waals surface area (Å²) in [5, 5.41) is 8.11. The first kappa shape index (κ1) is 39.0. The third kappa shape index (κ3) is 17.1. The van der Waals surface area contributed by atoms with Crippen LogP contribution < -0.4 is 16.0 Å². The van der Waals surface area contributed by atoms with Crippen LogP contribution in [0.25, 0.3) is 0 Å². The van der Waals surface area contributed by atoms with E-state index in [1.807, 2.05) is 0 Å². The Morgan fingerprint density at radius 1 is 0.744 bits per heavy atom. The van der Waals surface area contributed by atoms with Gasteiger partial charge in [0.05, 0.1) is 6.54 Å². The van der Waals surface area contributed by atoms with Gasteiger partial charge in [-0.05, 0) is 38.2 Å². The van der Waals surface area contributed by atoms with Crippen LogP contribution >= 0.6 is 11.3 Å². The van der Waals surface area contributed by atoms with Crippen LogP contribution in [0.5, 0.6) is 0 Å². The molecule has 0 aliphatic rings. The highest BCUT2D eigenvalue weighted by atomic mass is 32.3. The molecule has 0 aliphatic heterocycles. The first-order chi connectivity index (χ1) is 20.3. The lowest BCUT2D eigenvalue weighted by Crippen LogP contribution is -2.46. The number of rotatable bonds is 24. The lowest BCUT2D eigenvalue weighted by Gasteiger charge is -2.19. The van der Waals surface area contributed by atoms with E-state index in [2.05, 4.69) is 29.8 Å². The number of hydrogen-bond acceptors (Lipinski definition) is 8. The number of unbranched alkanes of at least 4 members (excludes halogenated alkanes) is 10. The quantitative estimate of drug-likeness (QED) is 0.0764. The van der Waals surface area contributed by atoms with Crippen LogP contribution in [-0.4, -0.2) is 56.2 Å². The molecule has 248 valence electrons. The van der Waals surface area contributed by atoms with Crippen LogP contribution in [0.15, 0.2) is 15.2 Å². The molecule has 5 N–H and O–H groups in total. The SMILES string of the molecule is CCCCCCCCC(=O)NC(CCCCNC(=O)CCCCCCC)C(=O)NCc1sc(S(=O)(=O)O)cc1S(=O)(=O)O. The molecule has 1 rings (SSSR count). The van der Waals surface area contributed by atoms with E-state index in [1.165, 1.54) is 0 Å². The molecule has 1 heterocycles. The van der Waals surface area contributed by atoms with Crippen molar-refractivity contribution in [2.75, 3.05) is 6.54 Å². The van der Waals surface area contributed by atoms with Crippen LogP contribution in [0.4, 0.5) is 0 Å². The molecule has 1 aromatic rings. The first-order valence-electron chi connectivity index (χ1n) is 15.2. The molecular formula is C28H49N3O9S3. The third-order valence-electron chi connectivity index (χ3n) is 6.86. The van der Waals surface area contributed by atoms with Gasteiger partial charge in [-0.25, -0.2) is 0 Å². The molecule has 0 spiro atoms. The fraction of sp³-hybridized carbons (Fsp3) is 0.750. The maximum atomic E-state index is 13.1. The minimum absolute atomic E-state index is 0.0205. The van der Waals surface area contributed by atoms with Crippen LogP contribution in [0.1, 0.15) is 121 Å². The summed E-state index contributed by atoms with van der Waals surface area (Å²) in [5.74, 6) is -0.932. The fourth-order valence-electron chi connectivity index (χ4n) is 4.43. The molecule has 1 atom stereocenters. The zero-order valence-corrected chi connectivity index (χ0v) is 27.8. The van der Waals surface area contributed by atoms with Gasteiger partial charge in [0.15, 0.2) is 0 Å². The standard InChI is InChI=1S/C28H49N3O9S3/c1-3-5-7-9-11-13-18-26(33)31-22(16-14-15-19-29-25(32)17-12-10-8-6-4-2)28(34)30-21-23-24(42(35,36)37)20-27(41-23)43(38,39)40/h20,22H,3-19,21H2,1-2H3,(H,29,32)(H,30,34)(H,31,33)(H,35,36,37)(H,38,39,40). The molecule has 0 saturated heterocycles. The summed E-state index contributed by atoms with van der Waals surface area (Å²) in [6.45, 7) is 4.23. The summed E-state index contributed by atoms with van der Waals surface area (Å²) in [6.07, 6.45) is 13.3. The average molecular weight is 668 g/mol. The molecule has 15 heteroatoms. The first-order valence-corrected chi connectivity index (χ1v) is 18.9.